The molecule has 6 nitrogen and oxygen atoms in total. The number of hydrogen-bond acceptors (Lipinski definition) is 4. The fraction of sp³-hybridized carbons (Fsp3) is 0.409. The fourth-order valence-electron chi connectivity index (χ4n) is 3.94. The number of rotatable bonds is 4. The molecule has 0 spiro atoms. The van der Waals surface area contributed by atoms with Crippen molar-refractivity contribution in [3.8, 4) is 0 Å². The monoisotopic (exact) mass is 509 g/mol. The lowest BCUT2D eigenvalue weighted by Gasteiger charge is -2.28. The topological polar surface area (TPSA) is 63.1 Å². The van der Waals surface area contributed by atoms with Gasteiger partial charge in [-0.05, 0) is 78.9 Å². The molecule has 3 aromatic rings. The number of anilines is 2. The zero-order valence-electron chi connectivity index (χ0n) is 17.8. The zero-order chi connectivity index (χ0) is 23.0. The van der Waals surface area contributed by atoms with Crippen LogP contribution in [0.2, 0.25) is 0 Å². The third kappa shape index (κ3) is 4.60. The Morgan fingerprint density at radius 3 is 2.53 bits per heavy atom. The first-order valence-corrected chi connectivity index (χ1v) is 11.2. The van der Waals surface area contributed by atoms with E-state index in [4.69, 9.17) is 4.98 Å². The molecule has 0 atom stereocenters. The molecule has 0 aliphatic carbocycles. The summed E-state index contributed by atoms with van der Waals surface area (Å²) in [5.74, 6) is 0.499. The molecule has 3 heterocycles. The quantitative estimate of drug-likeness (QED) is 0.507. The number of benzene rings is 1. The first-order valence-electron chi connectivity index (χ1n) is 10.4. The van der Waals surface area contributed by atoms with Crippen molar-refractivity contribution in [3.63, 3.8) is 0 Å². The Bertz CT molecular complexity index is 1170. The van der Waals surface area contributed by atoms with Gasteiger partial charge in [0.15, 0.2) is 5.69 Å². The van der Waals surface area contributed by atoms with Crippen LogP contribution < -0.4 is 10.2 Å². The smallest absolute Gasteiger partial charge is 0.357 e. The Kier molecular flexibility index (Phi) is 6.15. The molecule has 1 aliphatic rings. The van der Waals surface area contributed by atoms with Crippen LogP contribution in [0, 0.1) is 13.8 Å². The predicted molar refractivity (Wildman–Crippen MR) is 121 cm³/mol. The predicted octanol–water partition coefficient (Wildman–Crippen LogP) is 5.46. The zero-order valence-corrected chi connectivity index (χ0v) is 19.3. The summed E-state index contributed by atoms with van der Waals surface area (Å²) in [6.07, 6.45) is -1.01. The Labute approximate surface area is 191 Å². The Morgan fingerprint density at radius 2 is 1.88 bits per heavy atom. The molecule has 32 heavy (non-hydrogen) atoms. The van der Waals surface area contributed by atoms with Crippen LogP contribution >= 0.6 is 15.9 Å². The molecule has 1 N–H and O–H groups in total. The number of amides is 1. The number of piperidine rings is 1. The lowest BCUT2D eigenvalue weighted by atomic mass is 10.1. The summed E-state index contributed by atoms with van der Waals surface area (Å²) in [5.41, 5.74) is 1.63. The minimum absolute atomic E-state index is 0.158. The van der Waals surface area contributed by atoms with Gasteiger partial charge < -0.3 is 10.2 Å². The van der Waals surface area contributed by atoms with Crippen molar-refractivity contribution in [2.75, 3.05) is 23.3 Å². The number of aryl methyl sites for hydroxylation is 1. The van der Waals surface area contributed by atoms with Crippen molar-refractivity contribution in [1.82, 2.24) is 14.8 Å². The number of aromatic nitrogens is 3. The SMILES string of the molecule is Cc1cc(N2CCCCC2)nc2ccc(NC(=O)Cn3nc(C(F)(F)F)c(Br)c3C)cc12. The average Bonchev–Trinajstić information content (AvgIpc) is 3.03. The van der Waals surface area contributed by atoms with E-state index < -0.39 is 17.8 Å². The van der Waals surface area contributed by atoms with Gasteiger partial charge in [-0.25, -0.2) is 4.98 Å². The van der Waals surface area contributed by atoms with E-state index in [0.29, 0.717) is 5.69 Å². The van der Waals surface area contributed by atoms with E-state index in [1.807, 2.05) is 19.1 Å². The number of carbonyl (C=O) groups excluding carboxylic acids is 1. The van der Waals surface area contributed by atoms with Gasteiger partial charge in [-0.1, -0.05) is 0 Å². The van der Waals surface area contributed by atoms with Crippen molar-refractivity contribution in [3.05, 3.63) is 45.7 Å². The molecular weight excluding hydrogens is 487 g/mol. The van der Waals surface area contributed by atoms with Crippen molar-refractivity contribution in [2.24, 2.45) is 0 Å². The molecule has 1 aliphatic heterocycles. The highest BCUT2D eigenvalue weighted by Crippen LogP contribution is 2.35. The number of pyridine rings is 1. The summed E-state index contributed by atoms with van der Waals surface area (Å²) >= 11 is 2.92. The maximum absolute atomic E-state index is 13.0. The highest BCUT2D eigenvalue weighted by molar-refractivity contribution is 9.10. The number of halogens is 4. The van der Waals surface area contributed by atoms with Gasteiger partial charge in [-0.3, -0.25) is 9.48 Å². The summed E-state index contributed by atoms with van der Waals surface area (Å²) in [6.45, 7) is 5.16. The van der Waals surface area contributed by atoms with Gasteiger partial charge >= 0.3 is 6.18 Å². The summed E-state index contributed by atoms with van der Waals surface area (Å²) in [7, 11) is 0. The minimum Gasteiger partial charge on any atom is -0.357 e. The third-order valence-corrected chi connectivity index (χ3v) is 6.61. The van der Waals surface area contributed by atoms with Gasteiger partial charge in [0.25, 0.3) is 0 Å². The largest absolute Gasteiger partial charge is 0.436 e. The molecule has 170 valence electrons. The van der Waals surface area contributed by atoms with Crippen LogP contribution in [0.4, 0.5) is 24.7 Å². The number of nitrogens with zero attached hydrogens (tertiary/aromatic N) is 4. The molecular formula is C22H23BrF3N5O. The molecule has 1 fully saturated rings. The van der Waals surface area contributed by atoms with E-state index >= 15 is 0 Å². The Morgan fingerprint density at radius 1 is 1.16 bits per heavy atom. The van der Waals surface area contributed by atoms with Crippen LogP contribution in [0.3, 0.4) is 0 Å². The molecule has 1 amide bonds. The van der Waals surface area contributed by atoms with Crippen LogP contribution in [0.15, 0.2) is 28.7 Å². The number of carbonyl (C=O) groups is 1. The van der Waals surface area contributed by atoms with E-state index in [2.05, 4.69) is 37.3 Å². The fourth-order valence-corrected chi connectivity index (χ4v) is 4.44. The van der Waals surface area contributed by atoms with Gasteiger partial charge in [0.1, 0.15) is 12.4 Å². The molecule has 0 unspecified atom stereocenters. The number of fused-ring (bicyclic) bond motifs is 1. The molecule has 1 saturated heterocycles. The standard InChI is InChI=1S/C22H23BrF3N5O/c1-13-10-18(30-8-4-3-5-9-30)28-17-7-6-15(11-16(13)17)27-19(32)12-31-14(2)20(23)21(29-31)22(24,25)26/h6-7,10-11H,3-5,8-9,12H2,1-2H3,(H,27,32). The number of alkyl halides is 3. The van der Waals surface area contributed by atoms with Crippen molar-refractivity contribution in [1.29, 1.82) is 0 Å². The minimum atomic E-state index is -4.60. The van der Waals surface area contributed by atoms with Gasteiger partial charge in [0.05, 0.1) is 15.7 Å². The van der Waals surface area contributed by atoms with Gasteiger partial charge in [0, 0.05) is 24.2 Å². The molecule has 0 bridgehead atoms. The van der Waals surface area contributed by atoms with Crippen LogP contribution in [0.25, 0.3) is 10.9 Å². The number of hydrogen-bond donors (Lipinski definition) is 1. The van der Waals surface area contributed by atoms with Crippen LogP contribution in [0.5, 0.6) is 0 Å². The molecule has 0 saturated carbocycles. The summed E-state index contributed by atoms with van der Waals surface area (Å²) < 4.78 is 40.0. The van der Waals surface area contributed by atoms with E-state index in [1.165, 1.54) is 26.2 Å². The first kappa shape index (κ1) is 22.6. The summed E-state index contributed by atoms with van der Waals surface area (Å²) in [6, 6.07) is 7.49. The normalized spacial score (nSPS) is 14.8. The molecule has 10 heteroatoms. The molecule has 4 rings (SSSR count). The van der Waals surface area contributed by atoms with Crippen molar-refractivity contribution >= 4 is 44.2 Å². The van der Waals surface area contributed by atoms with Gasteiger partial charge in [-0.2, -0.15) is 18.3 Å². The Balaban J connectivity index is 1.52. The second kappa shape index (κ2) is 8.73. The van der Waals surface area contributed by atoms with Crippen molar-refractivity contribution in [2.45, 2.75) is 45.8 Å². The van der Waals surface area contributed by atoms with Crippen LogP contribution in [-0.2, 0) is 17.5 Å². The molecule has 0 radical (unpaired) electrons. The van der Waals surface area contributed by atoms with Crippen LogP contribution in [-0.4, -0.2) is 33.8 Å². The van der Waals surface area contributed by atoms with Crippen LogP contribution in [0.1, 0.15) is 36.2 Å². The summed E-state index contributed by atoms with van der Waals surface area (Å²) in [5, 5.41) is 7.22. The lowest BCUT2D eigenvalue weighted by Crippen LogP contribution is -2.30. The van der Waals surface area contributed by atoms with Gasteiger partial charge in [-0.15, -0.1) is 0 Å². The highest BCUT2D eigenvalue weighted by atomic mass is 79.9. The number of nitrogens with one attached hydrogen (secondary N) is 1. The Hall–Kier alpha value is -2.62. The lowest BCUT2D eigenvalue weighted by molar-refractivity contribution is -0.142. The molecule has 2 aromatic heterocycles. The van der Waals surface area contributed by atoms with E-state index in [1.54, 1.807) is 6.07 Å². The van der Waals surface area contributed by atoms with E-state index in [9.17, 15) is 18.0 Å². The summed E-state index contributed by atoms with van der Waals surface area (Å²) in [4.78, 5) is 19.6. The van der Waals surface area contributed by atoms with E-state index in [-0.39, 0.29) is 16.7 Å². The van der Waals surface area contributed by atoms with E-state index in [0.717, 1.165) is 40.1 Å². The molecule has 1 aromatic carbocycles. The maximum atomic E-state index is 13.0. The van der Waals surface area contributed by atoms with Crippen molar-refractivity contribution < 1.29 is 18.0 Å². The second-order valence-corrected chi connectivity index (χ2v) is 8.82. The van der Waals surface area contributed by atoms with Gasteiger partial charge in [0.2, 0.25) is 5.91 Å². The first-order chi connectivity index (χ1) is 15.1. The highest BCUT2D eigenvalue weighted by Gasteiger charge is 2.38. The third-order valence-electron chi connectivity index (χ3n) is 5.66. The average molecular weight is 510 g/mol. The second-order valence-electron chi connectivity index (χ2n) is 8.03. The maximum Gasteiger partial charge on any atom is 0.436 e.